The lowest BCUT2D eigenvalue weighted by Gasteiger charge is -2.16. The fourth-order valence-electron chi connectivity index (χ4n) is 2.19. The first-order chi connectivity index (χ1) is 9.23. The van der Waals surface area contributed by atoms with Crippen LogP contribution in [0, 0.1) is 11.3 Å². The third-order valence-corrected chi connectivity index (χ3v) is 5.48. The van der Waals surface area contributed by atoms with Crippen molar-refractivity contribution in [1.29, 1.82) is 0 Å². The van der Waals surface area contributed by atoms with Gasteiger partial charge in [0.2, 0.25) is 0 Å². The lowest BCUT2D eigenvalue weighted by molar-refractivity contribution is -0.146. The van der Waals surface area contributed by atoms with Crippen LogP contribution in [0.25, 0.3) is 0 Å². The number of hydrogen-bond donors (Lipinski definition) is 0. The highest BCUT2D eigenvalue weighted by Gasteiger charge is 2.48. The van der Waals surface area contributed by atoms with Gasteiger partial charge >= 0.3 is 11.9 Å². The maximum atomic E-state index is 12.1. The molecule has 20 heavy (non-hydrogen) atoms. The van der Waals surface area contributed by atoms with Gasteiger partial charge in [0.15, 0.2) is 9.84 Å². The molecule has 0 spiro atoms. The van der Waals surface area contributed by atoms with E-state index in [1.807, 2.05) is 0 Å². The van der Waals surface area contributed by atoms with E-state index in [-0.39, 0.29) is 24.5 Å². The molecule has 0 saturated heterocycles. The van der Waals surface area contributed by atoms with Crippen molar-refractivity contribution in [3.05, 3.63) is 0 Å². The Morgan fingerprint density at radius 1 is 1.30 bits per heavy atom. The van der Waals surface area contributed by atoms with Gasteiger partial charge in [0, 0.05) is 0 Å². The van der Waals surface area contributed by atoms with Gasteiger partial charge in [-0.05, 0) is 25.2 Å². The molecule has 0 aromatic rings. The van der Waals surface area contributed by atoms with Crippen LogP contribution in [-0.2, 0) is 28.9 Å². The molecule has 1 aliphatic rings. The Kier molecular flexibility index (Phi) is 5.56. The molecule has 0 aromatic carbocycles. The molecule has 0 heterocycles. The van der Waals surface area contributed by atoms with Gasteiger partial charge in [-0.2, -0.15) is 0 Å². The molecule has 0 radical (unpaired) electrons. The van der Waals surface area contributed by atoms with E-state index in [0.717, 1.165) is 0 Å². The molecule has 1 atom stereocenters. The van der Waals surface area contributed by atoms with Gasteiger partial charge in [-0.3, -0.25) is 9.59 Å². The second-order valence-electron chi connectivity index (χ2n) is 5.46. The molecule has 0 aliphatic heterocycles. The maximum absolute atomic E-state index is 12.1. The standard InChI is InChI=1S/C13H22O6S/c1-4-19-12(15)10(2)8-20(16,17)9-13(5-6-13)7-11(14)18-3/h10H,4-9H2,1-3H3. The Morgan fingerprint density at radius 2 is 1.90 bits per heavy atom. The number of carbonyl (C=O) groups is 2. The highest BCUT2D eigenvalue weighted by atomic mass is 32.2. The predicted octanol–water partition coefficient (Wildman–Crippen LogP) is 0.944. The summed E-state index contributed by atoms with van der Waals surface area (Å²) in [5, 5.41) is 0. The van der Waals surface area contributed by atoms with Gasteiger partial charge in [-0.15, -0.1) is 0 Å². The summed E-state index contributed by atoms with van der Waals surface area (Å²) in [7, 11) is -2.11. The molecule has 116 valence electrons. The Hall–Kier alpha value is -1.11. The summed E-state index contributed by atoms with van der Waals surface area (Å²) in [4.78, 5) is 22.7. The van der Waals surface area contributed by atoms with Crippen LogP contribution in [0.1, 0.15) is 33.1 Å². The van der Waals surface area contributed by atoms with Crippen LogP contribution in [0.15, 0.2) is 0 Å². The van der Waals surface area contributed by atoms with Crippen molar-refractivity contribution in [2.24, 2.45) is 11.3 Å². The molecule has 6 nitrogen and oxygen atoms in total. The molecule has 0 amide bonds. The molecule has 7 heteroatoms. The summed E-state index contributed by atoms with van der Waals surface area (Å²) in [6.45, 7) is 3.44. The quantitative estimate of drug-likeness (QED) is 0.620. The Morgan fingerprint density at radius 3 is 2.35 bits per heavy atom. The van der Waals surface area contributed by atoms with Crippen molar-refractivity contribution in [2.45, 2.75) is 33.1 Å². The average Bonchev–Trinajstić information content (AvgIpc) is 3.06. The normalized spacial score (nSPS) is 18.1. The predicted molar refractivity (Wildman–Crippen MR) is 72.8 cm³/mol. The highest BCUT2D eigenvalue weighted by molar-refractivity contribution is 7.91. The van der Waals surface area contributed by atoms with E-state index in [1.165, 1.54) is 14.0 Å². The van der Waals surface area contributed by atoms with E-state index in [0.29, 0.717) is 12.8 Å². The summed E-state index contributed by atoms with van der Waals surface area (Å²) >= 11 is 0. The van der Waals surface area contributed by atoms with Crippen LogP contribution in [0.5, 0.6) is 0 Å². The SMILES string of the molecule is CCOC(=O)C(C)CS(=O)(=O)CC1(CC(=O)OC)CC1. The molecule has 0 N–H and O–H groups in total. The highest BCUT2D eigenvalue weighted by Crippen LogP contribution is 2.50. The molecule has 1 saturated carbocycles. The van der Waals surface area contributed by atoms with Gasteiger partial charge in [0.05, 0.1) is 37.6 Å². The van der Waals surface area contributed by atoms with E-state index < -0.39 is 33.1 Å². The lowest BCUT2D eigenvalue weighted by atomic mass is 10.1. The van der Waals surface area contributed by atoms with Crippen LogP contribution in [0.4, 0.5) is 0 Å². The summed E-state index contributed by atoms with van der Waals surface area (Å²) in [5.41, 5.74) is -0.486. The number of carbonyl (C=O) groups excluding carboxylic acids is 2. The first-order valence-corrected chi connectivity index (χ1v) is 8.49. The topological polar surface area (TPSA) is 86.7 Å². The van der Waals surface area contributed by atoms with Gasteiger partial charge in [0.25, 0.3) is 0 Å². The lowest BCUT2D eigenvalue weighted by Crippen LogP contribution is -2.29. The van der Waals surface area contributed by atoms with Crippen LogP contribution >= 0.6 is 0 Å². The summed E-state index contributed by atoms with van der Waals surface area (Å²) in [5.74, 6) is -1.90. The number of methoxy groups -OCH3 is 1. The Bertz CT molecular complexity index is 463. The largest absolute Gasteiger partial charge is 0.469 e. The van der Waals surface area contributed by atoms with E-state index >= 15 is 0 Å². The zero-order valence-corrected chi connectivity index (χ0v) is 13.0. The molecule has 1 aliphatic carbocycles. The van der Waals surface area contributed by atoms with Crippen molar-refractivity contribution >= 4 is 21.8 Å². The van der Waals surface area contributed by atoms with Gasteiger partial charge in [-0.25, -0.2) is 8.42 Å². The van der Waals surface area contributed by atoms with E-state index in [1.54, 1.807) is 6.92 Å². The minimum Gasteiger partial charge on any atom is -0.469 e. The molecule has 1 fully saturated rings. The minimum atomic E-state index is -3.40. The molecular weight excluding hydrogens is 284 g/mol. The molecular formula is C13H22O6S. The van der Waals surface area contributed by atoms with Crippen LogP contribution in [0.2, 0.25) is 0 Å². The Labute approximate surface area is 119 Å². The zero-order chi connectivity index (χ0) is 15.4. The smallest absolute Gasteiger partial charge is 0.309 e. The fourth-order valence-corrected chi connectivity index (χ4v) is 4.53. The second-order valence-corrected chi connectivity index (χ2v) is 7.57. The van der Waals surface area contributed by atoms with Gasteiger partial charge in [-0.1, -0.05) is 6.92 Å². The second kappa shape index (κ2) is 6.56. The zero-order valence-electron chi connectivity index (χ0n) is 12.2. The third kappa shape index (κ3) is 5.11. The first kappa shape index (κ1) is 16.9. The van der Waals surface area contributed by atoms with E-state index in [2.05, 4.69) is 4.74 Å². The Balaban J connectivity index is 2.58. The summed E-state index contributed by atoms with van der Waals surface area (Å²) in [6.07, 6.45) is 1.53. The van der Waals surface area contributed by atoms with Crippen LogP contribution in [-0.4, -0.2) is 45.6 Å². The average molecular weight is 306 g/mol. The van der Waals surface area contributed by atoms with Crippen LogP contribution < -0.4 is 0 Å². The van der Waals surface area contributed by atoms with E-state index in [4.69, 9.17) is 4.74 Å². The van der Waals surface area contributed by atoms with Crippen molar-refractivity contribution < 1.29 is 27.5 Å². The molecule has 1 rings (SSSR count). The molecule has 1 unspecified atom stereocenters. The number of ether oxygens (including phenoxy) is 2. The summed E-state index contributed by atoms with van der Waals surface area (Å²) in [6, 6.07) is 0. The van der Waals surface area contributed by atoms with Crippen LogP contribution in [0.3, 0.4) is 0 Å². The van der Waals surface area contributed by atoms with Crippen molar-refractivity contribution in [3.8, 4) is 0 Å². The number of hydrogen-bond acceptors (Lipinski definition) is 6. The number of sulfone groups is 1. The van der Waals surface area contributed by atoms with Crippen molar-refractivity contribution in [1.82, 2.24) is 0 Å². The number of rotatable bonds is 8. The molecule has 0 bridgehead atoms. The minimum absolute atomic E-state index is 0.0706. The van der Waals surface area contributed by atoms with E-state index in [9.17, 15) is 18.0 Å². The maximum Gasteiger partial charge on any atom is 0.309 e. The summed E-state index contributed by atoms with van der Waals surface area (Å²) < 4.78 is 33.6. The number of esters is 2. The van der Waals surface area contributed by atoms with Crippen molar-refractivity contribution in [2.75, 3.05) is 25.2 Å². The van der Waals surface area contributed by atoms with Crippen molar-refractivity contribution in [3.63, 3.8) is 0 Å². The fraction of sp³-hybridized carbons (Fsp3) is 0.846. The first-order valence-electron chi connectivity index (χ1n) is 6.67. The van der Waals surface area contributed by atoms with Gasteiger partial charge in [0.1, 0.15) is 0 Å². The molecule has 0 aromatic heterocycles. The monoisotopic (exact) mass is 306 g/mol. The third-order valence-electron chi connectivity index (χ3n) is 3.42. The van der Waals surface area contributed by atoms with Gasteiger partial charge < -0.3 is 9.47 Å².